The second-order valence-electron chi connectivity index (χ2n) is 8.20. The first kappa shape index (κ1) is 23.8. The van der Waals surface area contributed by atoms with Gasteiger partial charge in [-0.25, -0.2) is 17.7 Å². The molecule has 6 nitrogen and oxygen atoms in total. The van der Waals surface area contributed by atoms with Crippen LogP contribution in [0.2, 0.25) is 0 Å². The van der Waals surface area contributed by atoms with Crippen LogP contribution in [0, 0.1) is 13.8 Å². The average molecular weight is 492 g/mol. The fraction of sp³-hybridized carbons (Fsp3) is 0.154. The average Bonchev–Trinajstić information content (AvgIpc) is 3.23. The van der Waals surface area contributed by atoms with E-state index in [1.165, 1.54) is 37.6 Å². The maximum Gasteiger partial charge on any atom is 0.257 e. The lowest BCUT2D eigenvalue weighted by Gasteiger charge is -2.12. The van der Waals surface area contributed by atoms with Gasteiger partial charge in [0.05, 0.1) is 15.5 Å². The Kier molecular flexibility index (Phi) is 6.65. The number of sulfonamides is 1. The van der Waals surface area contributed by atoms with E-state index in [0.29, 0.717) is 5.13 Å². The number of benzene rings is 3. The molecule has 0 unspecified atom stereocenters. The Hall–Kier alpha value is -3.33. The van der Waals surface area contributed by atoms with Gasteiger partial charge in [-0.05, 0) is 37.6 Å². The summed E-state index contributed by atoms with van der Waals surface area (Å²) in [6, 6.07) is 22.3. The third kappa shape index (κ3) is 4.94. The summed E-state index contributed by atoms with van der Waals surface area (Å²) in [5, 5.41) is 3.29. The molecule has 0 bridgehead atoms. The van der Waals surface area contributed by atoms with E-state index in [1.807, 2.05) is 62.4 Å². The molecule has 0 atom stereocenters. The van der Waals surface area contributed by atoms with Crippen LogP contribution in [0.5, 0.6) is 0 Å². The van der Waals surface area contributed by atoms with Gasteiger partial charge >= 0.3 is 0 Å². The van der Waals surface area contributed by atoms with Crippen LogP contribution in [-0.4, -0.2) is 37.7 Å². The van der Waals surface area contributed by atoms with Gasteiger partial charge in [-0.15, -0.1) is 0 Å². The van der Waals surface area contributed by atoms with Crippen molar-refractivity contribution in [2.45, 2.75) is 18.7 Å². The molecule has 0 spiro atoms. The summed E-state index contributed by atoms with van der Waals surface area (Å²) in [5.41, 5.74) is 5.30. The first-order valence-electron chi connectivity index (χ1n) is 10.6. The number of nitrogens with zero attached hydrogens (tertiary/aromatic N) is 2. The van der Waals surface area contributed by atoms with Gasteiger partial charge in [-0.2, -0.15) is 0 Å². The Labute approximate surface area is 204 Å². The van der Waals surface area contributed by atoms with Crippen LogP contribution in [0.15, 0.2) is 77.7 Å². The molecule has 34 heavy (non-hydrogen) atoms. The highest BCUT2D eigenvalue weighted by Gasteiger charge is 2.20. The molecule has 8 heteroatoms. The Bertz CT molecular complexity index is 1380. The SMILES string of the molecule is Cc1ccc(-c2nc(NC(=O)c3cccc(S(=O)(=O)N(C)C)c3)sc2-c2ccc(C)cc2)cc1. The van der Waals surface area contributed by atoms with E-state index >= 15 is 0 Å². The molecule has 4 rings (SSSR count). The van der Waals surface area contributed by atoms with Gasteiger partial charge in [-0.1, -0.05) is 77.1 Å². The normalized spacial score (nSPS) is 11.6. The molecule has 1 aromatic heterocycles. The summed E-state index contributed by atoms with van der Waals surface area (Å²) in [6.07, 6.45) is 0. The van der Waals surface area contributed by atoms with E-state index in [9.17, 15) is 13.2 Å². The number of amides is 1. The van der Waals surface area contributed by atoms with E-state index < -0.39 is 15.9 Å². The molecular weight excluding hydrogens is 466 g/mol. The number of nitrogens with one attached hydrogen (secondary N) is 1. The summed E-state index contributed by atoms with van der Waals surface area (Å²) in [6.45, 7) is 4.07. The lowest BCUT2D eigenvalue weighted by atomic mass is 10.0. The molecular formula is C26H25N3O3S2. The monoisotopic (exact) mass is 491 g/mol. The molecule has 3 aromatic carbocycles. The van der Waals surface area contributed by atoms with Crippen LogP contribution in [0.4, 0.5) is 5.13 Å². The quantitative estimate of drug-likeness (QED) is 0.381. The van der Waals surface area contributed by atoms with Gasteiger partial charge in [0.15, 0.2) is 5.13 Å². The van der Waals surface area contributed by atoms with E-state index in [4.69, 9.17) is 4.98 Å². The molecule has 1 heterocycles. The second-order valence-corrected chi connectivity index (χ2v) is 11.3. The fourth-order valence-electron chi connectivity index (χ4n) is 3.36. The first-order chi connectivity index (χ1) is 16.1. The Morgan fingerprint density at radius 2 is 1.47 bits per heavy atom. The van der Waals surface area contributed by atoms with Crippen molar-refractivity contribution in [2.24, 2.45) is 0 Å². The summed E-state index contributed by atoms with van der Waals surface area (Å²) < 4.78 is 26.0. The molecule has 0 saturated carbocycles. The molecule has 0 fully saturated rings. The highest BCUT2D eigenvalue weighted by atomic mass is 32.2. The molecule has 1 amide bonds. The predicted octanol–water partition coefficient (Wildman–Crippen LogP) is 5.60. The van der Waals surface area contributed by atoms with E-state index in [-0.39, 0.29) is 10.5 Å². The van der Waals surface area contributed by atoms with Crippen molar-refractivity contribution in [3.8, 4) is 21.7 Å². The number of carbonyl (C=O) groups excluding carboxylic acids is 1. The van der Waals surface area contributed by atoms with E-state index in [0.717, 1.165) is 37.1 Å². The molecule has 0 aliphatic rings. The minimum absolute atomic E-state index is 0.0602. The van der Waals surface area contributed by atoms with Crippen molar-refractivity contribution in [3.05, 3.63) is 89.5 Å². The lowest BCUT2D eigenvalue weighted by Crippen LogP contribution is -2.22. The highest BCUT2D eigenvalue weighted by molar-refractivity contribution is 7.89. The van der Waals surface area contributed by atoms with Gasteiger partial charge in [-0.3, -0.25) is 10.1 Å². The number of thiazole rings is 1. The van der Waals surface area contributed by atoms with Gasteiger partial charge < -0.3 is 0 Å². The third-order valence-corrected chi connectivity index (χ3v) is 8.19. The third-order valence-electron chi connectivity index (χ3n) is 5.36. The van der Waals surface area contributed by atoms with Crippen molar-refractivity contribution < 1.29 is 13.2 Å². The van der Waals surface area contributed by atoms with Gasteiger partial charge in [0.25, 0.3) is 5.91 Å². The van der Waals surface area contributed by atoms with Crippen molar-refractivity contribution in [3.63, 3.8) is 0 Å². The van der Waals surface area contributed by atoms with E-state index in [1.54, 1.807) is 12.1 Å². The smallest absolute Gasteiger partial charge is 0.257 e. The van der Waals surface area contributed by atoms with Crippen molar-refractivity contribution in [2.75, 3.05) is 19.4 Å². The van der Waals surface area contributed by atoms with Crippen LogP contribution in [0.1, 0.15) is 21.5 Å². The van der Waals surface area contributed by atoms with E-state index in [2.05, 4.69) is 5.32 Å². The topological polar surface area (TPSA) is 79.4 Å². The van der Waals surface area contributed by atoms with Crippen LogP contribution in [0.25, 0.3) is 21.7 Å². The molecule has 1 N–H and O–H groups in total. The van der Waals surface area contributed by atoms with Crippen molar-refractivity contribution in [1.82, 2.24) is 9.29 Å². The molecule has 0 saturated heterocycles. The van der Waals surface area contributed by atoms with Gasteiger partial charge in [0, 0.05) is 25.2 Å². The molecule has 0 aliphatic heterocycles. The summed E-state index contributed by atoms with van der Waals surface area (Å²) in [4.78, 5) is 18.7. The molecule has 0 radical (unpaired) electrons. The Balaban J connectivity index is 1.70. The summed E-state index contributed by atoms with van der Waals surface area (Å²) in [5.74, 6) is -0.421. The first-order valence-corrected chi connectivity index (χ1v) is 12.9. The zero-order valence-corrected chi connectivity index (χ0v) is 21.0. The van der Waals surface area contributed by atoms with Crippen molar-refractivity contribution >= 4 is 32.4 Å². The zero-order valence-electron chi connectivity index (χ0n) is 19.4. The maximum atomic E-state index is 13.0. The number of anilines is 1. The second kappa shape index (κ2) is 9.50. The molecule has 174 valence electrons. The number of aryl methyl sites for hydroxylation is 2. The van der Waals surface area contributed by atoms with Crippen LogP contribution >= 0.6 is 11.3 Å². The number of hydrogen-bond acceptors (Lipinski definition) is 5. The molecule has 4 aromatic rings. The molecule has 0 aliphatic carbocycles. The minimum atomic E-state index is -3.65. The summed E-state index contributed by atoms with van der Waals surface area (Å²) in [7, 11) is -0.737. The van der Waals surface area contributed by atoms with Gasteiger partial charge in [0.1, 0.15) is 0 Å². The largest absolute Gasteiger partial charge is 0.298 e. The lowest BCUT2D eigenvalue weighted by molar-refractivity contribution is 0.102. The zero-order chi connectivity index (χ0) is 24.5. The fourth-order valence-corrected chi connectivity index (χ4v) is 5.30. The van der Waals surface area contributed by atoms with Gasteiger partial charge in [0.2, 0.25) is 10.0 Å². The maximum absolute atomic E-state index is 13.0. The number of aromatic nitrogens is 1. The van der Waals surface area contributed by atoms with Crippen molar-refractivity contribution in [1.29, 1.82) is 0 Å². The van der Waals surface area contributed by atoms with Crippen LogP contribution < -0.4 is 5.32 Å². The van der Waals surface area contributed by atoms with Crippen LogP contribution in [-0.2, 0) is 10.0 Å². The predicted molar refractivity (Wildman–Crippen MR) is 138 cm³/mol. The number of carbonyl (C=O) groups is 1. The van der Waals surface area contributed by atoms with Crippen LogP contribution in [0.3, 0.4) is 0 Å². The number of rotatable bonds is 6. The standard InChI is InChI=1S/C26H25N3O3S2/c1-17-8-12-19(13-9-17)23-24(20-14-10-18(2)11-15-20)33-26(27-23)28-25(30)21-6-5-7-22(16-21)34(31,32)29(3)4/h5-16H,1-4H3,(H,27,28,30). The Morgan fingerprint density at radius 3 is 2.06 bits per heavy atom. The highest BCUT2D eigenvalue weighted by Crippen LogP contribution is 2.39. The summed E-state index contributed by atoms with van der Waals surface area (Å²) >= 11 is 1.39. The minimum Gasteiger partial charge on any atom is -0.298 e. The number of hydrogen-bond donors (Lipinski definition) is 1. The Morgan fingerprint density at radius 1 is 0.882 bits per heavy atom.